The predicted octanol–water partition coefficient (Wildman–Crippen LogP) is 4.15. The number of nitrogens with one attached hydrogen (secondary N) is 1. The summed E-state index contributed by atoms with van der Waals surface area (Å²) in [6, 6.07) is 13.0. The lowest BCUT2D eigenvalue weighted by atomic mass is 10.1. The third-order valence-electron chi connectivity index (χ3n) is 5.55. The first-order valence-corrected chi connectivity index (χ1v) is 11.7. The number of para-hydroxylation sites is 1. The van der Waals surface area contributed by atoms with Gasteiger partial charge in [0.15, 0.2) is 6.04 Å². The molecule has 0 aliphatic carbocycles. The fourth-order valence-electron chi connectivity index (χ4n) is 3.69. The van der Waals surface area contributed by atoms with E-state index in [9.17, 15) is 18.4 Å². The summed E-state index contributed by atoms with van der Waals surface area (Å²) in [5.41, 5.74) is 0.399. The smallest absolute Gasteiger partial charge is 0.251 e. The predicted molar refractivity (Wildman–Crippen MR) is 131 cm³/mol. The van der Waals surface area contributed by atoms with Crippen LogP contribution >= 0.6 is 0 Å². The maximum absolute atomic E-state index is 15.0. The van der Waals surface area contributed by atoms with Crippen LogP contribution in [0, 0.1) is 17.6 Å². The molecule has 4 aromatic rings. The summed E-state index contributed by atoms with van der Waals surface area (Å²) in [5, 5.41) is 14.8. The average molecular weight is 509 g/mol. The van der Waals surface area contributed by atoms with Gasteiger partial charge in [-0.15, -0.1) is 10.2 Å². The largest absolute Gasteiger partial charge is 0.467 e. The monoisotopic (exact) mass is 508 g/mol. The van der Waals surface area contributed by atoms with Gasteiger partial charge in [-0.1, -0.05) is 26.0 Å². The first-order chi connectivity index (χ1) is 17.8. The highest BCUT2D eigenvalue weighted by atomic mass is 19.1. The lowest BCUT2D eigenvalue weighted by Gasteiger charge is -2.30. The van der Waals surface area contributed by atoms with Crippen LogP contribution in [0.5, 0.6) is 0 Å². The van der Waals surface area contributed by atoms with Gasteiger partial charge in [0.1, 0.15) is 23.9 Å². The van der Waals surface area contributed by atoms with Crippen LogP contribution in [-0.2, 0) is 16.1 Å². The van der Waals surface area contributed by atoms with Gasteiger partial charge in [0, 0.05) is 12.1 Å². The Labute approximate surface area is 212 Å². The molecule has 0 saturated carbocycles. The molecule has 9 nitrogen and oxygen atoms in total. The van der Waals surface area contributed by atoms with Crippen molar-refractivity contribution >= 4 is 17.5 Å². The van der Waals surface area contributed by atoms with Gasteiger partial charge in [-0.2, -0.15) is 4.80 Å². The summed E-state index contributed by atoms with van der Waals surface area (Å²) < 4.78 is 33.7. The van der Waals surface area contributed by atoms with Gasteiger partial charge in [0.05, 0.1) is 12.0 Å². The molecule has 0 fully saturated rings. The second-order valence-corrected chi connectivity index (χ2v) is 8.76. The summed E-state index contributed by atoms with van der Waals surface area (Å²) >= 11 is 0. The highest BCUT2D eigenvalue weighted by Gasteiger charge is 2.36. The zero-order chi connectivity index (χ0) is 26.4. The number of nitrogens with zero attached hydrogens (tertiary/aromatic N) is 5. The molecule has 192 valence electrons. The molecule has 2 aromatic heterocycles. The molecule has 2 heterocycles. The molecule has 0 aliphatic rings. The number of hydrogen-bond acceptors (Lipinski definition) is 6. The van der Waals surface area contributed by atoms with Crippen LogP contribution in [0.3, 0.4) is 0 Å². The Hall–Kier alpha value is -4.41. The Bertz CT molecular complexity index is 1340. The molecule has 0 saturated heterocycles. The molecule has 2 amide bonds. The number of tetrazole rings is 1. The lowest BCUT2D eigenvalue weighted by molar-refractivity contribution is -0.127. The van der Waals surface area contributed by atoms with E-state index in [2.05, 4.69) is 20.7 Å². The molecule has 4 rings (SSSR count). The number of furan rings is 1. The summed E-state index contributed by atoms with van der Waals surface area (Å²) in [7, 11) is 0. The van der Waals surface area contributed by atoms with E-state index in [4.69, 9.17) is 4.42 Å². The Morgan fingerprint density at radius 3 is 2.49 bits per heavy atom. The van der Waals surface area contributed by atoms with E-state index in [1.54, 1.807) is 18.2 Å². The van der Waals surface area contributed by atoms with E-state index in [0.29, 0.717) is 18.0 Å². The second-order valence-electron chi connectivity index (χ2n) is 8.76. The molecule has 1 unspecified atom stereocenters. The topological polar surface area (TPSA) is 106 Å². The van der Waals surface area contributed by atoms with Crippen LogP contribution < -0.4 is 10.2 Å². The summed E-state index contributed by atoms with van der Waals surface area (Å²) in [5.74, 6) is -1.61. The quantitative estimate of drug-likeness (QED) is 0.345. The van der Waals surface area contributed by atoms with Crippen LogP contribution in [0.25, 0.3) is 11.4 Å². The minimum absolute atomic E-state index is 0.105. The molecular formula is C26H26F2N6O3. The van der Waals surface area contributed by atoms with Gasteiger partial charge in [-0.05, 0) is 66.1 Å². The number of aromatic nitrogens is 4. The van der Waals surface area contributed by atoms with Crippen molar-refractivity contribution in [1.29, 1.82) is 0 Å². The molecule has 0 bridgehead atoms. The number of carbonyl (C=O) groups is 2. The van der Waals surface area contributed by atoms with Crippen molar-refractivity contribution in [2.24, 2.45) is 5.92 Å². The molecule has 0 radical (unpaired) electrons. The van der Waals surface area contributed by atoms with E-state index in [0.717, 1.165) is 16.1 Å². The maximum atomic E-state index is 15.0. The highest BCUT2D eigenvalue weighted by molar-refractivity contribution is 6.01. The number of hydrogen-bond donors (Lipinski definition) is 1. The fourth-order valence-corrected chi connectivity index (χ4v) is 3.69. The van der Waals surface area contributed by atoms with Crippen molar-refractivity contribution in [3.05, 3.63) is 84.3 Å². The van der Waals surface area contributed by atoms with Gasteiger partial charge in [-0.25, -0.2) is 8.78 Å². The highest BCUT2D eigenvalue weighted by Crippen LogP contribution is 2.30. The summed E-state index contributed by atoms with van der Waals surface area (Å²) in [4.78, 5) is 29.1. The minimum atomic E-state index is -1.29. The number of amides is 2. The van der Waals surface area contributed by atoms with Crippen molar-refractivity contribution in [2.75, 3.05) is 11.4 Å². The van der Waals surface area contributed by atoms with Crippen molar-refractivity contribution in [2.45, 2.75) is 32.9 Å². The second kappa shape index (κ2) is 11.5. The molecule has 2 aromatic carbocycles. The molecule has 37 heavy (non-hydrogen) atoms. The Balaban J connectivity index is 1.66. The van der Waals surface area contributed by atoms with E-state index in [-0.39, 0.29) is 17.3 Å². The van der Waals surface area contributed by atoms with Crippen LogP contribution in [0.15, 0.2) is 71.3 Å². The van der Waals surface area contributed by atoms with Crippen molar-refractivity contribution < 1.29 is 22.8 Å². The van der Waals surface area contributed by atoms with Crippen LogP contribution in [-0.4, -0.2) is 38.6 Å². The Kier molecular flexibility index (Phi) is 8.02. The van der Waals surface area contributed by atoms with Gasteiger partial charge < -0.3 is 9.73 Å². The summed E-state index contributed by atoms with van der Waals surface area (Å²) in [6.45, 7) is 3.98. The Morgan fingerprint density at radius 2 is 1.81 bits per heavy atom. The number of benzene rings is 2. The zero-order valence-corrected chi connectivity index (χ0v) is 20.3. The number of anilines is 1. The maximum Gasteiger partial charge on any atom is 0.251 e. The van der Waals surface area contributed by atoms with E-state index in [1.165, 1.54) is 48.7 Å². The van der Waals surface area contributed by atoms with Crippen LogP contribution in [0.2, 0.25) is 0 Å². The minimum Gasteiger partial charge on any atom is -0.467 e. The molecule has 0 spiro atoms. The fraction of sp³-hybridized carbons (Fsp3) is 0.269. The van der Waals surface area contributed by atoms with Crippen molar-refractivity contribution in [1.82, 2.24) is 25.5 Å². The molecule has 0 aliphatic heterocycles. The Morgan fingerprint density at radius 1 is 1.05 bits per heavy atom. The lowest BCUT2D eigenvalue weighted by Crippen LogP contribution is -2.46. The molecular weight excluding hydrogens is 482 g/mol. The number of carbonyl (C=O) groups excluding carboxylic acids is 2. The van der Waals surface area contributed by atoms with Crippen LogP contribution in [0.4, 0.5) is 14.5 Å². The standard InChI is InChI=1S/C26H26F2N6O3/c1-17(2)13-14-29-26(36)24(22-8-5-15-37-22)34(21-7-4-3-6-20(21)28)23(35)16-33-31-25(30-32-33)18-9-11-19(27)12-10-18/h3-12,15,17,24H,13-14,16H2,1-2H3,(H,29,36). The third-order valence-corrected chi connectivity index (χ3v) is 5.55. The van der Waals surface area contributed by atoms with Crippen molar-refractivity contribution in [3.8, 4) is 11.4 Å². The summed E-state index contributed by atoms with van der Waals surface area (Å²) in [6.07, 6.45) is 2.10. The van der Waals surface area contributed by atoms with Gasteiger partial charge >= 0.3 is 0 Å². The van der Waals surface area contributed by atoms with E-state index < -0.39 is 36.0 Å². The first kappa shape index (κ1) is 25.7. The zero-order valence-electron chi connectivity index (χ0n) is 20.3. The average Bonchev–Trinajstić information content (AvgIpc) is 3.56. The van der Waals surface area contributed by atoms with E-state index >= 15 is 0 Å². The van der Waals surface area contributed by atoms with Gasteiger partial charge in [0.2, 0.25) is 5.82 Å². The SMILES string of the molecule is CC(C)CCNC(=O)C(c1ccco1)N(C(=O)Cn1nnc(-c2ccc(F)cc2)n1)c1ccccc1F. The van der Waals surface area contributed by atoms with E-state index in [1.807, 2.05) is 13.8 Å². The third kappa shape index (κ3) is 6.24. The number of halogens is 2. The van der Waals surface area contributed by atoms with Gasteiger partial charge in [0.25, 0.3) is 11.8 Å². The normalized spacial score (nSPS) is 11.9. The first-order valence-electron chi connectivity index (χ1n) is 11.7. The molecule has 1 atom stereocenters. The molecule has 11 heteroatoms. The van der Waals surface area contributed by atoms with Gasteiger partial charge in [-0.3, -0.25) is 14.5 Å². The number of rotatable bonds is 10. The van der Waals surface area contributed by atoms with Crippen molar-refractivity contribution in [3.63, 3.8) is 0 Å². The van der Waals surface area contributed by atoms with Crippen LogP contribution in [0.1, 0.15) is 32.1 Å². The molecule has 1 N–H and O–H groups in total.